The fourth-order valence-electron chi connectivity index (χ4n) is 0.791. The van der Waals surface area contributed by atoms with Gasteiger partial charge in [-0.3, -0.25) is 0 Å². The van der Waals surface area contributed by atoms with E-state index in [1.165, 1.54) is 0 Å². The molecular formula is C5H12O6. The molecule has 0 aliphatic carbocycles. The van der Waals surface area contributed by atoms with Crippen LogP contribution in [0.1, 0.15) is 0 Å². The van der Waals surface area contributed by atoms with E-state index in [9.17, 15) is 0 Å². The van der Waals surface area contributed by atoms with E-state index >= 15 is 0 Å². The quantitative estimate of drug-likeness (QED) is 0.300. The van der Waals surface area contributed by atoms with Gasteiger partial charge in [0.05, 0.1) is 6.61 Å². The summed E-state index contributed by atoms with van der Waals surface area (Å²) in [6.07, 6.45) is -5.23. The van der Waals surface area contributed by atoms with E-state index in [4.69, 9.17) is 20.4 Å². The van der Waals surface area contributed by atoms with Crippen LogP contribution >= 0.6 is 0 Å². The highest BCUT2D eigenvalue weighted by Gasteiger charge is 2.36. The monoisotopic (exact) mass is 168 g/mol. The summed E-state index contributed by atoms with van der Waals surface area (Å²) in [4.78, 5) is 0. The van der Waals surface area contributed by atoms with Gasteiger partial charge < -0.3 is 30.6 Å². The summed E-state index contributed by atoms with van der Waals surface area (Å²) in [7, 11) is 0. The van der Waals surface area contributed by atoms with Crippen LogP contribution in [0, 0.1) is 0 Å². The summed E-state index contributed by atoms with van der Waals surface area (Å²) in [5.74, 6) is 0. The van der Waals surface area contributed by atoms with E-state index in [2.05, 4.69) is 4.74 Å². The number of hydrogen-bond donors (Lipinski definition) is 4. The molecule has 1 saturated heterocycles. The topological polar surface area (TPSA) is 122 Å². The van der Waals surface area contributed by atoms with Gasteiger partial charge >= 0.3 is 0 Å². The van der Waals surface area contributed by atoms with Crippen LogP contribution < -0.4 is 0 Å². The van der Waals surface area contributed by atoms with E-state index in [1.807, 2.05) is 0 Å². The molecule has 0 radical (unpaired) electrons. The van der Waals surface area contributed by atoms with Crippen molar-refractivity contribution in [2.75, 3.05) is 6.61 Å². The van der Waals surface area contributed by atoms with Gasteiger partial charge in [-0.25, -0.2) is 0 Å². The minimum atomic E-state index is -1.41. The number of rotatable bonds is 0. The highest BCUT2D eigenvalue weighted by atomic mass is 16.6. The number of ether oxygens (including phenoxy) is 1. The number of aliphatic hydroxyl groups excluding tert-OH is 4. The molecule has 11 heavy (non-hydrogen) atoms. The van der Waals surface area contributed by atoms with Crippen molar-refractivity contribution in [2.24, 2.45) is 0 Å². The zero-order valence-electron chi connectivity index (χ0n) is 5.71. The van der Waals surface area contributed by atoms with Crippen LogP contribution in [0.25, 0.3) is 0 Å². The highest BCUT2D eigenvalue weighted by molar-refractivity contribution is 4.81. The molecule has 0 aromatic rings. The molecule has 6 heteroatoms. The zero-order chi connectivity index (χ0) is 7.72. The Kier molecular flexibility index (Phi) is 3.87. The molecule has 0 spiro atoms. The van der Waals surface area contributed by atoms with Gasteiger partial charge in [0.1, 0.15) is 18.3 Å². The summed E-state index contributed by atoms with van der Waals surface area (Å²) in [5, 5.41) is 35.3. The smallest absolute Gasteiger partial charge is 0.183 e. The molecule has 0 amide bonds. The fraction of sp³-hybridized carbons (Fsp3) is 1.00. The van der Waals surface area contributed by atoms with Crippen molar-refractivity contribution < 1.29 is 30.6 Å². The summed E-state index contributed by atoms with van der Waals surface area (Å²) in [5.41, 5.74) is 0. The molecule has 6 N–H and O–H groups in total. The van der Waals surface area contributed by atoms with Crippen molar-refractivity contribution in [2.45, 2.75) is 24.6 Å². The molecule has 1 rings (SSSR count). The van der Waals surface area contributed by atoms with E-state index < -0.39 is 24.6 Å². The predicted octanol–water partition coefficient (Wildman–Crippen LogP) is -3.41. The second kappa shape index (κ2) is 3.96. The Morgan fingerprint density at radius 2 is 1.55 bits per heavy atom. The first-order chi connectivity index (χ1) is 4.63. The van der Waals surface area contributed by atoms with Gasteiger partial charge in [-0.05, 0) is 0 Å². The molecule has 0 aromatic carbocycles. The standard InChI is InChI=1S/C5H10O5.H2O/c6-2-1-10-5(9)4(8)3(2)7;/h2-9H,1H2;1H2/t2-,3+,4+,5?;/m1./s1. The van der Waals surface area contributed by atoms with E-state index in [-0.39, 0.29) is 12.1 Å². The molecule has 0 saturated carbocycles. The van der Waals surface area contributed by atoms with Gasteiger partial charge in [0.15, 0.2) is 6.29 Å². The number of aliphatic hydroxyl groups is 4. The van der Waals surface area contributed by atoms with Crippen molar-refractivity contribution in [3.05, 3.63) is 0 Å². The second-order valence-corrected chi connectivity index (χ2v) is 2.27. The van der Waals surface area contributed by atoms with Crippen LogP contribution in [0.5, 0.6) is 0 Å². The first-order valence-electron chi connectivity index (χ1n) is 2.97. The van der Waals surface area contributed by atoms with Crippen LogP contribution in [0.2, 0.25) is 0 Å². The molecule has 1 unspecified atom stereocenters. The Bertz CT molecular complexity index is 104. The van der Waals surface area contributed by atoms with E-state index in [1.54, 1.807) is 0 Å². The van der Waals surface area contributed by atoms with Crippen molar-refractivity contribution in [1.82, 2.24) is 0 Å². The molecule has 0 aromatic heterocycles. The van der Waals surface area contributed by atoms with Crippen molar-refractivity contribution in [3.8, 4) is 0 Å². The first kappa shape index (κ1) is 10.8. The lowest BCUT2D eigenvalue weighted by atomic mass is 10.1. The third-order valence-corrected chi connectivity index (χ3v) is 1.47. The number of hydrogen-bond acceptors (Lipinski definition) is 5. The summed E-state index contributed by atoms with van der Waals surface area (Å²) in [6.45, 7) is -0.153. The van der Waals surface area contributed by atoms with Crippen LogP contribution in [0.3, 0.4) is 0 Å². The maximum atomic E-state index is 8.88. The highest BCUT2D eigenvalue weighted by Crippen LogP contribution is 2.12. The van der Waals surface area contributed by atoms with Crippen molar-refractivity contribution in [3.63, 3.8) is 0 Å². The van der Waals surface area contributed by atoms with E-state index in [0.29, 0.717) is 0 Å². The molecule has 1 aliphatic heterocycles. The van der Waals surface area contributed by atoms with Crippen LogP contribution in [-0.2, 0) is 4.74 Å². The third kappa shape index (κ3) is 2.09. The lowest BCUT2D eigenvalue weighted by molar-refractivity contribution is -0.252. The Labute approximate surface area is 63.0 Å². The average Bonchev–Trinajstić information content (AvgIpc) is 1.93. The third-order valence-electron chi connectivity index (χ3n) is 1.47. The molecule has 4 atom stereocenters. The Morgan fingerprint density at radius 1 is 1.00 bits per heavy atom. The average molecular weight is 168 g/mol. The SMILES string of the molecule is O.OC1OC[C@@H](O)[C@H](O)[C@@H]1O. The van der Waals surface area contributed by atoms with Crippen LogP contribution in [0.15, 0.2) is 0 Å². The maximum absolute atomic E-state index is 8.88. The van der Waals surface area contributed by atoms with Crippen molar-refractivity contribution >= 4 is 0 Å². The van der Waals surface area contributed by atoms with Crippen molar-refractivity contribution in [1.29, 1.82) is 0 Å². The molecule has 68 valence electrons. The minimum absolute atomic E-state index is 0. The normalized spacial score (nSPS) is 44.7. The molecule has 1 heterocycles. The molecule has 0 bridgehead atoms. The van der Waals surface area contributed by atoms with E-state index in [0.717, 1.165) is 0 Å². The summed E-state index contributed by atoms with van der Waals surface area (Å²) in [6, 6.07) is 0. The largest absolute Gasteiger partial charge is 0.412 e. The first-order valence-corrected chi connectivity index (χ1v) is 2.97. The molecule has 1 aliphatic rings. The van der Waals surface area contributed by atoms with Gasteiger partial charge in [-0.2, -0.15) is 0 Å². The van der Waals surface area contributed by atoms with Gasteiger partial charge in [0, 0.05) is 0 Å². The van der Waals surface area contributed by atoms with Crippen LogP contribution in [0.4, 0.5) is 0 Å². The Morgan fingerprint density at radius 3 is 2.00 bits per heavy atom. The molecule has 1 fully saturated rings. The lowest BCUT2D eigenvalue weighted by Crippen LogP contribution is -2.52. The predicted molar refractivity (Wildman–Crippen MR) is 33.6 cm³/mol. The van der Waals surface area contributed by atoms with Gasteiger partial charge in [-0.15, -0.1) is 0 Å². The molecular weight excluding hydrogens is 156 g/mol. The zero-order valence-corrected chi connectivity index (χ0v) is 5.71. The lowest BCUT2D eigenvalue weighted by Gasteiger charge is -2.31. The van der Waals surface area contributed by atoms with Crippen LogP contribution in [-0.4, -0.2) is 57.1 Å². The fourth-order valence-corrected chi connectivity index (χ4v) is 0.791. The Hall–Kier alpha value is -0.240. The summed E-state index contributed by atoms with van der Waals surface area (Å²) >= 11 is 0. The van der Waals surface area contributed by atoms with Gasteiger partial charge in [0.25, 0.3) is 0 Å². The van der Waals surface area contributed by atoms with Gasteiger partial charge in [0.2, 0.25) is 0 Å². The van der Waals surface area contributed by atoms with Gasteiger partial charge in [-0.1, -0.05) is 0 Å². The maximum Gasteiger partial charge on any atom is 0.183 e. The summed E-state index contributed by atoms with van der Waals surface area (Å²) < 4.78 is 4.47. The second-order valence-electron chi connectivity index (χ2n) is 2.27. The minimum Gasteiger partial charge on any atom is -0.412 e. The molecule has 6 nitrogen and oxygen atoms in total. The Balaban J connectivity index is 0.000001000.